The molecule has 0 heterocycles. The second-order valence-electron chi connectivity index (χ2n) is 8.02. The second-order valence-corrected chi connectivity index (χ2v) is 8.02. The van der Waals surface area contributed by atoms with Crippen molar-refractivity contribution in [1.82, 2.24) is 5.32 Å². The SMILES string of the molecule is CCCCCCCCCCCC(NCCCCCCCC)C(N)CC. The molecule has 2 heteroatoms. The van der Waals surface area contributed by atoms with Gasteiger partial charge in [0, 0.05) is 12.1 Å². The average molecular weight is 355 g/mol. The Morgan fingerprint density at radius 1 is 0.600 bits per heavy atom. The van der Waals surface area contributed by atoms with E-state index in [0.29, 0.717) is 12.1 Å². The summed E-state index contributed by atoms with van der Waals surface area (Å²) in [5.41, 5.74) is 6.34. The van der Waals surface area contributed by atoms with Crippen molar-refractivity contribution in [3.05, 3.63) is 0 Å². The number of rotatable bonds is 20. The summed E-state index contributed by atoms with van der Waals surface area (Å²) in [7, 11) is 0. The predicted octanol–water partition coefficient (Wildman–Crippen LogP) is 6.96. The molecule has 0 rings (SSSR count). The topological polar surface area (TPSA) is 38.0 Å². The summed E-state index contributed by atoms with van der Waals surface area (Å²) in [5.74, 6) is 0. The van der Waals surface area contributed by atoms with Crippen LogP contribution in [-0.4, -0.2) is 18.6 Å². The van der Waals surface area contributed by atoms with Gasteiger partial charge < -0.3 is 11.1 Å². The Hall–Kier alpha value is -0.0800. The number of hydrogen-bond donors (Lipinski definition) is 2. The Bertz CT molecular complexity index is 242. The van der Waals surface area contributed by atoms with E-state index in [1.165, 1.54) is 103 Å². The van der Waals surface area contributed by atoms with E-state index >= 15 is 0 Å². The first-order chi connectivity index (χ1) is 12.3. The van der Waals surface area contributed by atoms with E-state index in [1.54, 1.807) is 0 Å². The highest BCUT2D eigenvalue weighted by molar-refractivity contribution is 4.78. The maximum Gasteiger partial charge on any atom is 0.0218 e. The lowest BCUT2D eigenvalue weighted by atomic mass is 9.98. The first kappa shape index (κ1) is 24.9. The number of nitrogens with one attached hydrogen (secondary N) is 1. The van der Waals surface area contributed by atoms with Crippen molar-refractivity contribution in [2.45, 2.75) is 142 Å². The number of hydrogen-bond acceptors (Lipinski definition) is 2. The maximum absolute atomic E-state index is 6.34. The molecule has 0 aromatic heterocycles. The standard InChI is InChI=1S/C23H50N2/c1-4-7-9-11-13-14-15-16-18-20-23(22(24)6-3)25-21-19-17-12-10-8-5-2/h22-23,25H,4-21,24H2,1-3H3. The quantitative estimate of drug-likeness (QED) is 0.232. The molecule has 0 amide bonds. The molecular weight excluding hydrogens is 304 g/mol. The normalized spacial score (nSPS) is 13.9. The van der Waals surface area contributed by atoms with E-state index in [0.717, 1.165) is 13.0 Å². The highest BCUT2D eigenvalue weighted by Gasteiger charge is 2.14. The van der Waals surface area contributed by atoms with Gasteiger partial charge in [0.05, 0.1) is 0 Å². The van der Waals surface area contributed by atoms with Crippen LogP contribution in [0.2, 0.25) is 0 Å². The summed E-state index contributed by atoms with van der Waals surface area (Å²) in [6.07, 6.45) is 23.3. The van der Waals surface area contributed by atoms with E-state index in [9.17, 15) is 0 Å². The smallest absolute Gasteiger partial charge is 0.0218 e. The zero-order chi connectivity index (χ0) is 18.6. The fraction of sp³-hybridized carbons (Fsp3) is 1.00. The van der Waals surface area contributed by atoms with E-state index in [2.05, 4.69) is 26.1 Å². The molecular formula is C23H50N2. The molecule has 0 spiro atoms. The average Bonchev–Trinajstić information content (AvgIpc) is 2.63. The molecule has 3 N–H and O–H groups in total. The zero-order valence-corrected chi connectivity index (χ0v) is 18.0. The minimum Gasteiger partial charge on any atom is -0.326 e. The Kier molecular flexibility index (Phi) is 20.2. The van der Waals surface area contributed by atoms with Gasteiger partial charge in [0.2, 0.25) is 0 Å². The maximum atomic E-state index is 6.34. The molecule has 0 saturated heterocycles. The van der Waals surface area contributed by atoms with Gasteiger partial charge in [-0.3, -0.25) is 0 Å². The van der Waals surface area contributed by atoms with Gasteiger partial charge in [-0.15, -0.1) is 0 Å². The van der Waals surface area contributed by atoms with E-state index in [-0.39, 0.29) is 0 Å². The van der Waals surface area contributed by atoms with E-state index < -0.39 is 0 Å². The number of nitrogens with two attached hydrogens (primary N) is 1. The van der Waals surface area contributed by atoms with Crippen LogP contribution < -0.4 is 11.1 Å². The van der Waals surface area contributed by atoms with Crippen LogP contribution in [0, 0.1) is 0 Å². The van der Waals surface area contributed by atoms with Crippen molar-refractivity contribution in [3.8, 4) is 0 Å². The molecule has 2 unspecified atom stereocenters. The van der Waals surface area contributed by atoms with Crippen LogP contribution in [0.4, 0.5) is 0 Å². The van der Waals surface area contributed by atoms with Crippen molar-refractivity contribution in [3.63, 3.8) is 0 Å². The van der Waals surface area contributed by atoms with Crippen molar-refractivity contribution < 1.29 is 0 Å². The van der Waals surface area contributed by atoms with Gasteiger partial charge in [-0.2, -0.15) is 0 Å². The first-order valence-corrected chi connectivity index (χ1v) is 11.7. The van der Waals surface area contributed by atoms with Crippen LogP contribution in [0.15, 0.2) is 0 Å². The highest BCUT2D eigenvalue weighted by atomic mass is 14.9. The lowest BCUT2D eigenvalue weighted by molar-refractivity contribution is 0.378. The molecule has 0 aromatic carbocycles. The fourth-order valence-corrected chi connectivity index (χ4v) is 3.62. The van der Waals surface area contributed by atoms with Crippen molar-refractivity contribution in [1.29, 1.82) is 0 Å². The second kappa shape index (κ2) is 20.2. The Morgan fingerprint density at radius 3 is 1.52 bits per heavy atom. The van der Waals surface area contributed by atoms with Crippen LogP contribution in [0.25, 0.3) is 0 Å². The van der Waals surface area contributed by atoms with Crippen LogP contribution in [0.3, 0.4) is 0 Å². The van der Waals surface area contributed by atoms with Crippen LogP contribution >= 0.6 is 0 Å². The fourth-order valence-electron chi connectivity index (χ4n) is 3.62. The van der Waals surface area contributed by atoms with Gasteiger partial charge in [0.25, 0.3) is 0 Å². The third-order valence-corrected chi connectivity index (χ3v) is 5.54. The number of unbranched alkanes of at least 4 members (excludes halogenated alkanes) is 13. The molecule has 2 nitrogen and oxygen atoms in total. The van der Waals surface area contributed by atoms with Crippen LogP contribution in [0.1, 0.15) is 130 Å². The predicted molar refractivity (Wildman–Crippen MR) is 115 cm³/mol. The lowest BCUT2D eigenvalue weighted by Crippen LogP contribution is -2.45. The monoisotopic (exact) mass is 354 g/mol. The molecule has 0 aliphatic carbocycles. The molecule has 0 aliphatic heterocycles. The molecule has 2 atom stereocenters. The third kappa shape index (κ3) is 17.1. The van der Waals surface area contributed by atoms with Gasteiger partial charge in [0.15, 0.2) is 0 Å². The minimum absolute atomic E-state index is 0.328. The van der Waals surface area contributed by atoms with E-state index in [4.69, 9.17) is 5.73 Å². The Balaban J connectivity index is 3.61. The summed E-state index contributed by atoms with van der Waals surface area (Å²) >= 11 is 0. The molecule has 152 valence electrons. The molecule has 0 radical (unpaired) electrons. The summed E-state index contributed by atoms with van der Waals surface area (Å²) in [6.45, 7) is 7.95. The summed E-state index contributed by atoms with van der Waals surface area (Å²) in [4.78, 5) is 0. The zero-order valence-electron chi connectivity index (χ0n) is 18.0. The van der Waals surface area contributed by atoms with Gasteiger partial charge in [0.1, 0.15) is 0 Å². The molecule has 0 bridgehead atoms. The van der Waals surface area contributed by atoms with Crippen LogP contribution in [0.5, 0.6) is 0 Å². The largest absolute Gasteiger partial charge is 0.326 e. The van der Waals surface area contributed by atoms with Crippen molar-refractivity contribution in [2.75, 3.05) is 6.54 Å². The minimum atomic E-state index is 0.328. The summed E-state index contributed by atoms with van der Waals surface area (Å²) in [5, 5.41) is 3.76. The Labute approximate surface area is 160 Å². The first-order valence-electron chi connectivity index (χ1n) is 11.7. The third-order valence-electron chi connectivity index (χ3n) is 5.54. The Morgan fingerprint density at radius 2 is 1.04 bits per heavy atom. The van der Waals surface area contributed by atoms with Gasteiger partial charge >= 0.3 is 0 Å². The van der Waals surface area contributed by atoms with Gasteiger partial charge in [-0.25, -0.2) is 0 Å². The van der Waals surface area contributed by atoms with Crippen molar-refractivity contribution >= 4 is 0 Å². The van der Waals surface area contributed by atoms with Gasteiger partial charge in [-0.1, -0.05) is 111 Å². The van der Waals surface area contributed by atoms with Gasteiger partial charge in [-0.05, 0) is 25.8 Å². The summed E-state index contributed by atoms with van der Waals surface area (Å²) in [6, 6.07) is 0.860. The van der Waals surface area contributed by atoms with E-state index in [1.807, 2.05) is 0 Å². The molecule has 25 heavy (non-hydrogen) atoms. The molecule has 0 saturated carbocycles. The highest BCUT2D eigenvalue weighted by Crippen LogP contribution is 2.13. The van der Waals surface area contributed by atoms with Crippen molar-refractivity contribution in [2.24, 2.45) is 5.73 Å². The molecule has 0 aliphatic rings. The lowest BCUT2D eigenvalue weighted by Gasteiger charge is -2.24. The molecule has 0 fully saturated rings. The molecule has 0 aromatic rings. The van der Waals surface area contributed by atoms with Crippen LogP contribution in [-0.2, 0) is 0 Å². The summed E-state index contributed by atoms with van der Waals surface area (Å²) < 4.78 is 0.